The number of ether oxygens (including phenoxy) is 1. The van der Waals surface area contributed by atoms with Crippen molar-refractivity contribution in [3.63, 3.8) is 0 Å². The predicted octanol–water partition coefficient (Wildman–Crippen LogP) is 3.61. The number of unbranched alkanes of at least 4 members (excludes halogenated alkanes) is 1. The number of aryl methyl sites for hydroxylation is 1. The average Bonchev–Trinajstić information content (AvgIpc) is 2.69. The summed E-state index contributed by atoms with van der Waals surface area (Å²) in [4.78, 5) is 9.14. The molecule has 1 aromatic carbocycles. The lowest BCUT2D eigenvalue weighted by molar-refractivity contribution is 0.372. The number of pyridine rings is 1. The number of rotatable bonds is 9. The van der Waals surface area contributed by atoms with Gasteiger partial charge in [-0.05, 0) is 43.2 Å². The van der Waals surface area contributed by atoms with Gasteiger partial charge >= 0.3 is 0 Å². The van der Waals surface area contributed by atoms with Crippen LogP contribution in [-0.2, 0) is 6.54 Å². The Balaban J connectivity index is 1.70. The van der Waals surface area contributed by atoms with Gasteiger partial charge in [0, 0.05) is 24.0 Å². The van der Waals surface area contributed by atoms with Crippen molar-refractivity contribution in [3.05, 3.63) is 59.7 Å². The zero-order valence-electron chi connectivity index (χ0n) is 16.3. The van der Waals surface area contributed by atoms with Crippen LogP contribution in [0.3, 0.4) is 0 Å². The second-order valence-corrected chi connectivity index (χ2v) is 6.65. The number of amidine groups is 1. The third-order valence-corrected chi connectivity index (χ3v) is 4.41. The highest BCUT2D eigenvalue weighted by atomic mass is 19.1. The lowest BCUT2D eigenvalue weighted by Gasteiger charge is -2.22. The first kappa shape index (κ1) is 20.0. The van der Waals surface area contributed by atoms with Gasteiger partial charge in [-0.15, -0.1) is 0 Å². The van der Waals surface area contributed by atoms with Gasteiger partial charge in [-0.3, -0.25) is 15.8 Å². The van der Waals surface area contributed by atoms with Gasteiger partial charge in [-0.2, -0.15) is 0 Å². The third kappa shape index (κ3) is 4.94. The number of hydrazine groups is 1. The van der Waals surface area contributed by atoms with Crippen LogP contribution in [0.5, 0.6) is 5.75 Å². The summed E-state index contributed by atoms with van der Waals surface area (Å²) in [5.41, 5.74) is 10.2. The number of hydrogen-bond acceptors (Lipinski definition) is 6. The quantitative estimate of drug-likeness (QED) is 0.456. The van der Waals surface area contributed by atoms with Crippen LogP contribution < -0.4 is 20.9 Å². The Morgan fingerprint density at radius 3 is 2.89 bits per heavy atom. The van der Waals surface area contributed by atoms with Crippen LogP contribution in [0.2, 0.25) is 0 Å². The zero-order valence-corrected chi connectivity index (χ0v) is 16.3. The van der Waals surface area contributed by atoms with Crippen molar-refractivity contribution in [2.24, 2.45) is 4.99 Å². The molecule has 0 aliphatic carbocycles. The Bertz CT molecular complexity index is 881. The molecule has 0 radical (unpaired) electrons. The van der Waals surface area contributed by atoms with E-state index >= 15 is 0 Å². The minimum absolute atomic E-state index is 0.222. The van der Waals surface area contributed by atoms with Gasteiger partial charge < -0.3 is 10.1 Å². The molecule has 0 saturated carbocycles. The van der Waals surface area contributed by atoms with Crippen molar-refractivity contribution in [1.29, 1.82) is 0 Å². The first-order valence-corrected chi connectivity index (χ1v) is 9.45. The fraction of sp³-hybridized carbons (Fsp3) is 0.333. The summed E-state index contributed by atoms with van der Waals surface area (Å²) >= 11 is 0. The Hall–Kier alpha value is -2.77. The normalized spacial score (nSPS) is 13.0. The van der Waals surface area contributed by atoms with Gasteiger partial charge in [0.15, 0.2) is 0 Å². The van der Waals surface area contributed by atoms with E-state index in [2.05, 4.69) is 39.6 Å². The Kier molecular flexibility index (Phi) is 6.73. The molecule has 0 bridgehead atoms. The van der Waals surface area contributed by atoms with E-state index in [0.29, 0.717) is 23.7 Å². The highest BCUT2D eigenvalue weighted by Crippen LogP contribution is 2.30. The molecule has 28 heavy (non-hydrogen) atoms. The molecule has 1 aliphatic heterocycles. The van der Waals surface area contributed by atoms with E-state index in [-0.39, 0.29) is 12.4 Å². The number of halogens is 1. The lowest BCUT2D eigenvalue weighted by atomic mass is 10.1. The fourth-order valence-electron chi connectivity index (χ4n) is 2.83. The van der Waals surface area contributed by atoms with Crippen LogP contribution in [-0.4, -0.2) is 24.0 Å². The molecule has 148 valence electrons. The van der Waals surface area contributed by atoms with Gasteiger partial charge in [-0.25, -0.2) is 9.38 Å². The number of hydrogen-bond donors (Lipinski definition) is 3. The van der Waals surface area contributed by atoms with Gasteiger partial charge in [-0.1, -0.05) is 19.9 Å². The molecule has 6 nitrogen and oxygen atoms in total. The van der Waals surface area contributed by atoms with Crippen LogP contribution in [0.25, 0.3) is 5.70 Å². The van der Waals surface area contributed by atoms with Gasteiger partial charge in [0.2, 0.25) is 0 Å². The van der Waals surface area contributed by atoms with Crippen LogP contribution in [0.4, 0.5) is 10.1 Å². The number of nitrogens with one attached hydrogen (secondary N) is 3. The number of benzene rings is 1. The summed E-state index contributed by atoms with van der Waals surface area (Å²) < 4.78 is 19.2. The summed E-state index contributed by atoms with van der Waals surface area (Å²) in [5, 5.41) is 3.17. The lowest BCUT2D eigenvalue weighted by Crippen LogP contribution is -2.33. The molecule has 2 heterocycles. The van der Waals surface area contributed by atoms with E-state index in [1.807, 2.05) is 6.07 Å². The monoisotopic (exact) mass is 383 g/mol. The highest BCUT2D eigenvalue weighted by molar-refractivity contribution is 5.98. The van der Waals surface area contributed by atoms with Crippen molar-refractivity contribution < 1.29 is 9.13 Å². The first-order chi connectivity index (χ1) is 13.6. The van der Waals surface area contributed by atoms with Crippen molar-refractivity contribution in [3.8, 4) is 5.75 Å². The summed E-state index contributed by atoms with van der Waals surface area (Å²) in [7, 11) is 0. The fourth-order valence-corrected chi connectivity index (χ4v) is 2.83. The standard InChI is InChI=1S/C21H26FN5O/c1-4-5-9-24-25-12-19-21-17(8-10-23-19)15(3)26-20(27-21)13-28-16-6-7-18(22)14(2)11-16/h6-8,10-11,24-25H,3-5,9,12-13H2,1-2H3,(H,26,27). The molecule has 1 aromatic heterocycles. The largest absolute Gasteiger partial charge is 0.486 e. The Morgan fingerprint density at radius 1 is 1.25 bits per heavy atom. The second-order valence-electron chi connectivity index (χ2n) is 6.65. The van der Waals surface area contributed by atoms with E-state index in [4.69, 9.17) is 4.74 Å². The minimum Gasteiger partial charge on any atom is -0.486 e. The van der Waals surface area contributed by atoms with E-state index in [0.717, 1.165) is 42.0 Å². The number of aliphatic imine (C=N–C) groups is 1. The van der Waals surface area contributed by atoms with Gasteiger partial charge in [0.25, 0.3) is 0 Å². The number of fused-ring (bicyclic) bond motifs is 1. The molecule has 1 aliphatic rings. The second kappa shape index (κ2) is 9.43. The predicted molar refractivity (Wildman–Crippen MR) is 110 cm³/mol. The number of nitrogens with zero attached hydrogens (tertiary/aromatic N) is 2. The summed E-state index contributed by atoms with van der Waals surface area (Å²) in [5.74, 6) is 0.972. The molecular formula is C21H26FN5O. The third-order valence-electron chi connectivity index (χ3n) is 4.41. The zero-order chi connectivity index (χ0) is 19.9. The van der Waals surface area contributed by atoms with Crippen molar-refractivity contribution in [2.45, 2.75) is 33.2 Å². The summed E-state index contributed by atoms with van der Waals surface area (Å²) in [6.07, 6.45) is 4.00. The molecule has 0 saturated heterocycles. The van der Waals surface area contributed by atoms with Crippen LogP contribution in [0.1, 0.15) is 36.6 Å². The summed E-state index contributed by atoms with van der Waals surface area (Å²) in [6, 6.07) is 6.56. The number of aromatic nitrogens is 1. The van der Waals surface area contributed by atoms with Crippen molar-refractivity contribution in [2.75, 3.05) is 13.2 Å². The van der Waals surface area contributed by atoms with Gasteiger partial charge in [0.1, 0.15) is 24.0 Å². The first-order valence-electron chi connectivity index (χ1n) is 9.45. The Labute approximate surface area is 164 Å². The van der Waals surface area contributed by atoms with Crippen molar-refractivity contribution in [1.82, 2.24) is 21.2 Å². The molecular weight excluding hydrogens is 357 g/mol. The topological polar surface area (TPSA) is 70.6 Å². The Morgan fingerprint density at radius 2 is 2.11 bits per heavy atom. The SMILES string of the molecule is C=C1NC(COc2ccc(F)c(C)c2)=Nc2c1ccnc2CNNCCCC. The van der Waals surface area contributed by atoms with Crippen LogP contribution >= 0.6 is 0 Å². The molecule has 2 aromatic rings. The van der Waals surface area contributed by atoms with E-state index in [9.17, 15) is 4.39 Å². The molecule has 0 unspecified atom stereocenters. The minimum atomic E-state index is -0.251. The van der Waals surface area contributed by atoms with E-state index in [1.54, 1.807) is 25.3 Å². The molecule has 0 spiro atoms. The highest BCUT2D eigenvalue weighted by Gasteiger charge is 2.19. The smallest absolute Gasteiger partial charge is 0.146 e. The summed E-state index contributed by atoms with van der Waals surface area (Å²) in [6.45, 7) is 9.62. The van der Waals surface area contributed by atoms with Gasteiger partial charge in [0.05, 0.1) is 17.9 Å². The van der Waals surface area contributed by atoms with Crippen LogP contribution in [0.15, 0.2) is 42.0 Å². The maximum absolute atomic E-state index is 13.4. The van der Waals surface area contributed by atoms with E-state index in [1.165, 1.54) is 6.07 Å². The molecule has 3 N–H and O–H groups in total. The maximum Gasteiger partial charge on any atom is 0.146 e. The molecule has 0 amide bonds. The molecule has 7 heteroatoms. The van der Waals surface area contributed by atoms with E-state index < -0.39 is 0 Å². The average molecular weight is 383 g/mol. The molecule has 0 atom stereocenters. The molecule has 0 fully saturated rings. The van der Waals surface area contributed by atoms with Crippen molar-refractivity contribution >= 4 is 17.2 Å². The maximum atomic E-state index is 13.4. The molecule has 3 rings (SSSR count). The van der Waals surface area contributed by atoms with Crippen LogP contribution in [0, 0.1) is 12.7 Å².